The Hall–Kier alpha value is -1.96. The average Bonchev–Trinajstić information content (AvgIpc) is 3.69. The molecule has 2 nitrogen and oxygen atoms in total. The second kappa shape index (κ2) is 10.2. The van der Waals surface area contributed by atoms with E-state index in [1.54, 1.807) is 0 Å². The highest BCUT2D eigenvalue weighted by molar-refractivity contribution is 5.52. The van der Waals surface area contributed by atoms with Crippen molar-refractivity contribution in [3.05, 3.63) is 57.6 Å². The van der Waals surface area contributed by atoms with Gasteiger partial charge in [-0.15, -0.1) is 0 Å². The topological polar surface area (TPSA) is 40.5 Å². The summed E-state index contributed by atoms with van der Waals surface area (Å²) in [6, 6.07) is 9.39. The highest BCUT2D eigenvalue weighted by atomic mass is 16.3. The Morgan fingerprint density at radius 2 is 0.657 bits per heavy atom. The summed E-state index contributed by atoms with van der Waals surface area (Å²) in [5, 5.41) is 22.8. The van der Waals surface area contributed by atoms with Crippen molar-refractivity contribution in [2.45, 2.75) is 133 Å². The van der Waals surface area contributed by atoms with Crippen LogP contribution in [0.2, 0.25) is 0 Å². The maximum atomic E-state index is 11.4. The molecule has 0 unspecified atom stereocenters. The van der Waals surface area contributed by atoms with E-state index in [1.165, 1.54) is 136 Å². The number of rotatable bonds is 6. The minimum atomic E-state index is 0.526. The van der Waals surface area contributed by atoms with Gasteiger partial charge in [0.15, 0.2) is 0 Å². The predicted molar refractivity (Wildman–Crippen MR) is 144 cm³/mol. The van der Waals surface area contributed by atoms with Crippen LogP contribution in [-0.4, -0.2) is 10.2 Å². The fourth-order valence-electron chi connectivity index (χ4n) is 8.12. The molecule has 0 amide bonds. The molecule has 0 aliphatic heterocycles. The van der Waals surface area contributed by atoms with Gasteiger partial charge in [-0.25, -0.2) is 0 Å². The fraction of sp³-hybridized carbons (Fsp3) is 0.636. The number of hydrogen-bond donors (Lipinski definition) is 2. The van der Waals surface area contributed by atoms with Gasteiger partial charge in [-0.3, -0.25) is 0 Å². The lowest BCUT2D eigenvalue weighted by molar-refractivity contribution is 0.447. The summed E-state index contributed by atoms with van der Waals surface area (Å²) in [5.41, 5.74) is 7.65. The first kappa shape index (κ1) is 23.4. The van der Waals surface area contributed by atoms with Crippen LogP contribution in [0.4, 0.5) is 0 Å². The number of aromatic hydroxyl groups is 2. The lowest BCUT2D eigenvalue weighted by Crippen LogP contribution is -2.05. The SMILES string of the molecule is Oc1c(C2CCCC2)cc(Cc2cc(C3CCCC3)c(O)c(C3CCCC3)c2)cc1C1CCCC1. The largest absolute Gasteiger partial charge is 0.507 e. The third-order valence-corrected chi connectivity index (χ3v) is 10.0. The Morgan fingerprint density at radius 3 is 0.886 bits per heavy atom. The van der Waals surface area contributed by atoms with E-state index in [0.29, 0.717) is 35.2 Å². The third-order valence-electron chi connectivity index (χ3n) is 10.0. The maximum absolute atomic E-state index is 11.4. The molecule has 2 aromatic rings. The Balaban J connectivity index is 1.39. The molecule has 2 heteroatoms. The highest BCUT2D eigenvalue weighted by Gasteiger charge is 2.29. The van der Waals surface area contributed by atoms with E-state index in [1.807, 2.05) is 0 Å². The van der Waals surface area contributed by atoms with Crippen molar-refractivity contribution in [3.8, 4) is 11.5 Å². The van der Waals surface area contributed by atoms with Crippen LogP contribution in [0.15, 0.2) is 24.3 Å². The van der Waals surface area contributed by atoms with Gasteiger partial charge in [-0.2, -0.15) is 0 Å². The molecule has 0 heterocycles. The zero-order valence-corrected chi connectivity index (χ0v) is 21.5. The lowest BCUT2D eigenvalue weighted by atomic mass is 9.84. The monoisotopic (exact) mass is 472 g/mol. The van der Waals surface area contributed by atoms with Gasteiger partial charge in [0.2, 0.25) is 0 Å². The maximum Gasteiger partial charge on any atom is 0.122 e. The van der Waals surface area contributed by atoms with Gasteiger partial charge < -0.3 is 10.2 Å². The Morgan fingerprint density at radius 1 is 0.429 bits per heavy atom. The highest BCUT2D eigenvalue weighted by Crippen LogP contribution is 2.48. The molecule has 4 aliphatic rings. The average molecular weight is 473 g/mol. The van der Waals surface area contributed by atoms with Crippen molar-refractivity contribution in [2.24, 2.45) is 0 Å². The van der Waals surface area contributed by atoms with Gasteiger partial charge >= 0.3 is 0 Å². The molecular weight excluding hydrogens is 428 g/mol. The van der Waals surface area contributed by atoms with E-state index in [4.69, 9.17) is 0 Å². The zero-order chi connectivity index (χ0) is 23.8. The summed E-state index contributed by atoms with van der Waals surface area (Å²) in [6.07, 6.45) is 21.0. The van der Waals surface area contributed by atoms with Gasteiger partial charge in [0.05, 0.1) is 0 Å². The molecule has 0 aromatic heterocycles. The molecule has 35 heavy (non-hydrogen) atoms. The van der Waals surface area contributed by atoms with Crippen LogP contribution in [0.5, 0.6) is 11.5 Å². The van der Waals surface area contributed by atoms with Gasteiger partial charge in [0.25, 0.3) is 0 Å². The smallest absolute Gasteiger partial charge is 0.122 e. The first-order valence-corrected chi connectivity index (χ1v) is 14.9. The standard InChI is InChI=1S/C33H44O2/c34-32-28(24-9-1-2-10-24)18-22(19-29(32)25-11-3-4-12-25)17-23-20-30(26-13-5-6-14-26)33(35)31(21-23)27-15-7-8-16-27/h18-21,24-27,34-35H,1-17H2. The van der Waals surface area contributed by atoms with Crippen molar-refractivity contribution in [1.29, 1.82) is 0 Å². The Bertz CT molecular complexity index is 872. The predicted octanol–water partition coefficient (Wildman–Crippen LogP) is 9.32. The zero-order valence-electron chi connectivity index (χ0n) is 21.5. The van der Waals surface area contributed by atoms with Crippen LogP contribution in [-0.2, 0) is 6.42 Å². The molecule has 0 saturated heterocycles. The quantitative estimate of drug-likeness (QED) is 0.439. The van der Waals surface area contributed by atoms with Gasteiger partial charge in [-0.1, -0.05) is 75.6 Å². The molecule has 6 rings (SSSR count). The van der Waals surface area contributed by atoms with Crippen molar-refractivity contribution in [2.75, 3.05) is 0 Å². The van der Waals surface area contributed by atoms with Crippen LogP contribution in [0.1, 0.15) is 160 Å². The minimum Gasteiger partial charge on any atom is -0.507 e. The Labute approximate surface area is 212 Å². The van der Waals surface area contributed by atoms with Gasteiger partial charge in [-0.05, 0) is 115 Å². The summed E-state index contributed by atoms with van der Waals surface area (Å²) < 4.78 is 0. The molecule has 2 aromatic carbocycles. The van der Waals surface area contributed by atoms with Crippen LogP contribution in [0.25, 0.3) is 0 Å². The molecule has 188 valence electrons. The molecule has 0 radical (unpaired) electrons. The lowest BCUT2D eigenvalue weighted by Gasteiger charge is -2.22. The van der Waals surface area contributed by atoms with Crippen LogP contribution >= 0.6 is 0 Å². The number of benzene rings is 2. The number of hydrogen-bond acceptors (Lipinski definition) is 2. The third kappa shape index (κ3) is 4.75. The van der Waals surface area contributed by atoms with Crippen molar-refractivity contribution in [1.82, 2.24) is 0 Å². The van der Waals surface area contributed by atoms with Crippen LogP contribution in [0.3, 0.4) is 0 Å². The van der Waals surface area contributed by atoms with Gasteiger partial charge in [0.1, 0.15) is 11.5 Å². The van der Waals surface area contributed by atoms with Crippen molar-refractivity contribution >= 4 is 0 Å². The Kier molecular flexibility index (Phi) is 6.82. The first-order valence-electron chi connectivity index (χ1n) is 14.9. The van der Waals surface area contributed by atoms with E-state index in [9.17, 15) is 10.2 Å². The number of phenolic OH excluding ortho intramolecular Hbond substituents is 2. The summed E-state index contributed by atoms with van der Waals surface area (Å²) in [7, 11) is 0. The van der Waals surface area contributed by atoms with Crippen molar-refractivity contribution < 1.29 is 10.2 Å². The molecule has 4 aliphatic carbocycles. The summed E-state index contributed by atoms with van der Waals surface area (Å²) in [6.45, 7) is 0. The van der Waals surface area contributed by atoms with Gasteiger partial charge in [0, 0.05) is 0 Å². The van der Waals surface area contributed by atoms with E-state index in [2.05, 4.69) is 24.3 Å². The van der Waals surface area contributed by atoms with E-state index < -0.39 is 0 Å². The molecule has 0 bridgehead atoms. The number of phenols is 2. The molecule has 4 fully saturated rings. The summed E-state index contributed by atoms with van der Waals surface area (Å²) in [5.74, 6) is 3.35. The van der Waals surface area contributed by atoms with Crippen LogP contribution in [0, 0.1) is 0 Å². The molecule has 0 atom stereocenters. The minimum absolute atomic E-state index is 0.526. The molecule has 2 N–H and O–H groups in total. The molecule has 0 spiro atoms. The second-order valence-electron chi connectivity index (χ2n) is 12.3. The fourth-order valence-corrected chi connectivity index (χ4v) is 8.12. The summed E-state index contributed by atoms with van der Waals surface area (Å²) >= 11 is 0. The second-order valence-corrected chi connectivity index (χ2v) is 12.3. The van der Waals surface area contributed by atoms with E-state index in [-0.39, 0.29) is 0 Å². The molecule has 4 saturated carbocycles. The van der Waals surface area contributed by atoms with E-state index in [0.717, 1.165) is 6.42 Å². The van der Waals surface area contributed by atoms with Crippen molar-refractivity contribution in [3.63, 3.8) is 0 Å². The first-order chi connectivity index (χ1) is 17.2. The summed E-state index contributed by atoms with van der Waals surface area (Å²) in [4.78, 5) is 0. The molecular formula is C33H44O2. The van der Waals surface area contributed by atoms with E-state index >= 15 is 0 Å². The normalized spacial score (nSPS) is 22.6. The van der Waals surface area contributed by atoms with Crippen LogP contribution < -0.4 is 0 Å².